The van der Waals surface area contributed by atoms with Crippen LogP contribution in [0.15, 0.2) is 0 Å². The van der Waals surface area contributed by atoms with Gasteiger partial charge in [-0.2, -0.15) is 0 Å². The minimum Gasteiger partial charge on any atom is -0.310 e. The molecule has 3 fully saturated rings. The standard InChI is InChI=1S/C17H32N2/c1-2-17(14-7-4-3-5-8-14)19-12-6-9-16(13-19)18-15-10-11-15/h14-18H,2-13H2,1H3. The number of nitrogens with zero attached hydrogens (tertiary/aromatic N) is 1. The van der Waals surface area contributed by atoms with E-state index in [-0.39, 0.29) is 0 Å². The molecule has 0 amide bonds. The van der Waals surface area contributed by atoms with Gasteiger partial charge in [-0.05, 0) is 57.4 Å². The second-order valence-corrected chi connectivity index (χ2v) is 7.15. The van der Waals surface area contributed by atoms with Crippen molar-refractivity contribution in [2.75, 3.05) is 13.1 Å². The van der Waals surface area contributed by atoms with Crippen LogP contribution in [0.1, 0.15) is 71.1 Å². The quantitative estimate of drug-likeness (QED) is 0.817. The molecular formula is C17H32N2. The Bertz CT molecular complexity index is 268. The maximum Gasteiger partial charge on any atom is 0.0198 e. The van der Waals surface area contributed by atoms with Crippen LogP contribution in [0.4, 0.5) is 0 Å². The van der Waals surface area contributed by atoms with Crippen LogP contribution in [0.5, 0.6) is 0 Å². The van der Waals surface area contributed by atoms with Gasteiger partial charge in [0.25, 0.3) is 0 Å². The van der Waals surface area contributed by atoms with Crippen molar-refractivity contribution in [1.82, 2.24) is 10.2 Å². The van der Waals surface area contributed by atoms with Gasteiger partial charge in [-0.1, -0.05) is 26.2 Å². The monoisotopic (exact) mass is 264 g/mol. The van der Waals surface area contributed by atoms with Crippen molar-refractivity contribution in [2.45, 2.75) is 89.3 Å². The average molecular weight is 264 g/mol. The smallest absolute Gasteiger partial charge is 0.0198 e. The van der Waals surface area contributed by atoms with E-state index in [0.717, 1.165) is 24.0 Å². The summed E-state index contributed by atoms with van der Waals surface area (Å²) < 4.78 is 0. The first-order valence-electron chi connectivity index (χ1n) is 8.87. The molecule has 2 saturated carbocycles. The summed E-state index contributed by atoms with van der Waals surface area (Å²) in [5, 5.41) is 3.86. The molecule has 2 heteroatoms. The Morgan fingerprint density at radius 1 is 0.947 bits per heavy atom. The van der Waals surface area contributed by atoms with Crippen LogP contribution in [0.3, 0.4) is 0 Å². The van der Waals surface area contributed by atoms with Crippen LogP contribution >= 0.6 is 0 Å². The lowest BCUT2D eigenvalue weighted by molar-refractivity contribution is 0.0784. The average Bonchev–Trinajstić information content (AvgIpc) is 3.25. The fourth-order valence-corrected chi connectivity index (χ4v) is 4.44. The van der Waals surface area contributed by atoms with Crippen molar-refractivity contribution in [1.29, 1.82) is 0 Å². The Labute approximate surface area is 119 Å². The third-order valence-electron chi connectivity index (χ3n) is 5.58. The van der Waals surface area contributed by atoms with Gasteiger partial charge < -0.3 is 5.32 Å². The molecule has 0 aromatic heterocycles. The largest absolute Gasteiger partial charge is 0.310 e. The topological polar surface area (TPSA) is 15.3 Å². The molecule has 2 aliphatic carbocycles. The first-order chi connectivity index (χ1) is 9.36. The summed E-state index contributed by atoms with van der Waals surface area (Å²) >= 11 is 0. The summed E-state index contributed by atoms with van der Waals surface area (Å²) in [6, 6.07) is 2.54. The normalized spacial score (nSPS) is 32.4. The molecule has 1 N–H and O–H groups in total. The lowest BCUT2D eigenvalue weighted by Gasteiger charge is -2.43. The molecule has 1 heterocycles. The Hall–Kier alpha value is -0.0800. The predicted molar refractivity (Wildman–Crippen MR) is 81.4 cm³/mol. The van der Waals surface area contributed by atoms with Crippen LogP contribution in [0.25, 0.3) is 0 Å². The highest BCUT2D eigenvalue weighted by Crippen LogP contribution is 2.32. The SMILES string of the molecule is CCC(C1CCCCC1)N1CCCC(NC2CC2)C1. The Morgan fingerprint density at radius 2 is 1.74 bits per heavy atom. The van der Waals surface area contributed by atoms with Crippen LogP contribution in [0, 0.1) is 5.92 Å². The molecule has 3 aliphatic rings. The maximum absolute atomic E-state index is 3.86. The van der Waals surface area contributed by atoms with E-state index in [2.05, 4.69) is 17.1 Å². The van der Waals surface area contributed by atoms with Crippen molar-refractivity contribution in [2.24, 2.45) is 5.92 Å². The first-order valence-corrected chi connectivity index (χ1v) is 8.87. The highest BCUT2D eigenvalue weighted by atomic mass is 15.2. The maximum atomic E-state index is 3.86. The fourth-order valence-electron chi connectivity index (χ4n) is 4.44. The minimum absolute atomic E-state index is 0.791. The second-order valence-electron chi connectivity index (χ2n) is 7.15. The van der Waals surface area contributed by atoms with Gasteiger partial charge in [0.05, 0.1) is 0 Å². The Morgan fingerprint density at radius 3 is 2.42 bits per heavy atom. The molecule has 0 radical (unpaired) electrons. The molecule has 1 aliphatic heterocycles. The van der Waals surface area contributed by atoms with E-state index in [0.29, 0.717) is 0 Å². The summed E-state index contributed by atoms with van der Waals surface area (Å²) in [5.41, 5.74) is 0. The first kappa shape index (κ1) is 13.9. The third kappa shape index (κ3) is 3.72. The Balaban J connectivity index is 1.54. The molecule has 0 aromatic carbocycles. The van der Waals surface area contributed by atoms with E-state index in [1.54, 1.807) is 0 Å². The molecule has 2 nitrogen and oxygen atoms in total. The molecular weight excluding hydrogens is 232 g/mol. The zero-order valence-electron chi connectivity index (χ0n) is 12.7. The van der Waals surface area contributed by atoms with Gasteiger partial charge in [0, 0.05) is 24.7 Å². The number of hydrogen-bond donors (Lipinski definition) is 1. The molecule has 2 unspecified atom stereocenters. The van der Waals surface area contributed by atoms with Crippen molar-refractivity contribution in [3.63, 3.8) is 0 Å². The Kier molecular flexibility index (Phi) is 4.81. The van der Waals surface area contributed by atoms with Crippen molar-refractivity contribution in [3.8, 4) is 0 Å². The molecule has 19 heavy (non-hydrogen) atoms. The summed E-state index contributed by atoms with van der Waals surface area (Å²) in [6.07, 6.45) is 14.5. The molecule has 0 bridgehead atoms. The third-order valence-corrected chi connectivity index (χ3v) is 5.58. The zero-order chi connectivity index (χ0) is 13.1. The molecule has 0 aromatic rings. The number of piperidine rings is 1. The van der Waals surface area contributed by atoms with E-state index in [1.807, 2.05) is 0 Å². The number of nitrogens with one attached hydrogen (secondary N) is 1. The van der Waals surface area contributed by atoms with E-state index in [4.69, 9.17) is 0 Å². The highest BCUT2D eigenvalue weighted by Gasteiger charge is 2.32. The van der Waals surface area contributed by atoms with Gasteiger partial charge in [0.1, 0.15) is 0 Å². The summed E-state index contributed by atoms with van der Waals surface area (Å²) in [6.45, 7) is 5.10. The van der Waals surface area contributed by atoms with E-state index >= 15 is 0 Å². The lowest BCUT2D eigenvalue weighted by atomic mass is 9.81. The zero-order valence-corrected chi connectivity index (χ0v) is 12.7. The second kappa shape index (κ2) is 6.58. The van der Waals surface area contributed by atoms with Crippen molar-refractivity contribution >= 4 is 0 Å². The van der Waals surface area contributed by atoms with E-state index in [9.17, 15) is 0 Å². The van der Waals surface area contributed by atoms with E-state index in [1.165, 1.54) is 77.3 Å². The van der Waals surface area contributed by atoms with E-state index < -0.39 is 0 Å². The van der Waals surface area contributed by atoms with Crippen molar-refractivity contribution in [3.05, 3.63) is 0 Å². The van der Waals surface area contributed by atoms with Gasteiger partial charge in [0.15, 0.2) is 0 Å². The van der Waals surface area contributed by atoms with Crippen LogP contribution < -0.4 is 5.32 Å². The summed E-state index contributed by atoms with van der Waals surface area (Å²) in [4.78, 5) is 2.85. The van der Waals surface area contributed by atoms with Gasteiger partial charge in [0.2, 0.25) is 0 Å². The van der Waals surface area contributed by atoms with Gasteiger partial charge in [-0.15, -0.1) is 0 Å². The molecule has 1 saturated heterocycles. The number of likely N-dealkylation sites (tertiary alicyclic amines) is 1. The predicted octanol–water partition coefficient (Wildman–Crippen LogP) is 3.56. The fraction of sp³-hybridized carbons (Fsp3) is 1.00. The summed E-state index contributed by atoms with van der Waals surface area (Å²) in [5.74, 6) is 0.999. The molecule has 110 valence electrons. The highest BCUT2D eigenvalue weighted by molar-refractivity contribution is 4.91. The van der Waals surface area contributed by atoms with Crippen molar-refractivity contribution < 1.29 is 0 Å². The lowest BCUT2D eigenvalue weighted by Crippen LogP contribution is -2.52. The molecule has 2 atom stereocenters. The van der Waals surface area contributed by atoms with Crippen LogP contribution in [-0.4, -0.2) is 36.1 Å². The molecule has 3 rings (SSSR count). The molecule has 0 spiro atoms. The van der Waals surface area contributed by atoms with Gasteiger partial charge in [-0.25, -0.2) is 0 Å². The number of hydrogen-bond acceptors (Lipinski definition) is 2. The number of rotatable bonds is 5. The summed E-state index contributed by atoms with van der Waals surface area (Å²) in [7, 11) is 0. The van der Waals surface area contributed by atoms with Crippen LogP contribution in [-0.2, 0) is 0 Å². The van der Waals surface area contributed by atoms with Gasteiger partial charge >= 0.3 is 0 Å². The van der Waals surface area contributed by atoms with Crippen LogP contribution in [0.2, 0.25) is 0 Å². The van der Waals surface area contributed by atoms with Gasteiger partial charge in [-0.3, -0.25) is 4.90 Å². The minimum atomic E-state index is 0.791.